The number of hydrogen-bond acceptors (Lipinski definition) is 5. The largest absolute Gasteiger partial charge is 0.502 e. The van der Waals surface area contributed by atoms with E-state index in [4.69, 9.17) is 38.7 Å². The molecule has 0 radical (unpaired) electrons. The maximum absolute atomic E-state index is 10.3. The number of nitrogen functional groups attached to an aromatic ring is 1. The summed E-state index contributed by atoms with van der Waals surface area (Å²) in [6.45, 7) is 0.488. The fraction of sp³-hybridized carbons (Fsp3) is 0.0556. The van der Waals surface area contributed by atoms with Crippen LogP contribution in [0.1, 0.15) is 5.56 Å². The number of furan rings is 1. The summed E-state index contributed by atoms with van der Waals surface area (Å²) in [6, 6.07) is 16.5. The Labute approximate surface area is 155 Å². The Morgan fingerprint density at radius 1 is 1.16 bits per heavy atom. The van der Waals surface area contributed by atoms with Gasteiger partial charge in [0.25, 0.3) is 5.17 Å². The van der Waals surface area contributed by atoms with E-state index in [9.17, 15) is 5.11 Å². The van der Waals surface area contributed by atoms with Crippen LogP contribution >= 0.6 is 23.8 Å². The zero-order valence-electron chi connectivity index (χ0n) is 13.0. The van der Waals surface area contributed by atoms with Crippen molar-refractivity contribution in [2.45, 2.75) is 6.54 Å². The molecule has 3 aromatic rings. The first-order valence-electron chi connectivity index (χ1n) is 7.41. The highest BCUT2D eigenvalue weighted by Crippen LogP contribution is 2.44. The molecule has 0 aliphatic rings. The first-order chi connectivity index (χ1) is 12.0. The van der Waals surface area contributed by atoms with Crippen molar-refractivity contribution in [3.05, 3.63) is 65.2 Å². The van der Waals surface area contributed by atoms with Gasteiger partial charge < -0.3 is 25.3 Å². The second kappa shape index (κ2) is 7.46. The quantitative estimate of drug-likeness (QED) is 0.589. The van der Waals surface area contributed by atoms with Crippen LogP contribution in [0, 0.1) is 0 Å². The molecule has 0 aliphatic heterocycles. The third-order valence-electron chi connectivity index (χ3n) is 3.45. The molecule has 0 bridgehead atoms. The van der Waals surface area contributed by atoms with Gasteiger partial charge in [0.2, 0.25) is 17.4 Å². The Bertz CT molecular complexity index is 879. The summed E-state index contributed by atoms with van der Waals surface area (Å²) in [7, 11) is 0. The summed E-state index contributed by atoms with van der Waals surface area (Å²) in [6.07, 6.45) is 0. The predicted octanol–water partition coefficient (Wildman–Crippen LogP) is 4.34. The van der Waals surface area contributed by atoms with Gasteiger partial charge in [0.15, 0.2) is 5.76 Å². The van der Waals surface area contributed by atoms with E-state index in [1.54, 1.807) is 24.3 Å². The third kappa shape index (κ3) is 4.04. The average Bonchev–Trinajstić information content (AvgIpc) is 2.90. The number of hydrogen-bond donors (Lipinski definition) is 3. The van der Waals surface area contributed by atoms with Gasteiger partial charge in [0.05, 0.1) is 0 Å². The SMILES string of the molecule is Nc1oc(-c2ccc(Cl)cc2)c(O)c1OC(=S)NCc1ccccc1. The highest BCUT2D eigenvalue weighted by atomic mass is 35.5. The molecule has 2 aromatic carbocycles. The molecule has 0 atom stereocenters. The van der Waals surface area contributed by atoms with Crippen molar-refractivity contribution in [1.82, 2.24) is 5.32 Å². The molecule has 1 heterocycles. The first kappa shape index (κ1) is 17.1. The minimum absolute atomic E-state index is 0.0180. The number of rotatable bonds is 4. The number of nitrogens with two attached hydrogens (primary N) is 1. The van der Waals surface area contributed by atoms with Crippen LogP contribution in [-0.4, -0.2) is 10.3 Å². The van der Waals surface area contributed by atoms with Gasteiger partial charge in [-0.15, -0.1) is 0 Å². The van der Waals surface area contributed by atoms with Crippen molar-refractivity contribution in [2.24, 2.45) is 0 Å². The summed E-state index contributed by atoms with van der Waals surface area (Å²) >= 11 is 11.0. The van der Waals surface area contributed by atoms with Crippen molar-refractivity contribution in [1.29, 1.82) is 0 Å². The lowest BCUT2D eigenvalue weighted by atomic mass is 10.1. The third-order valence-corrected chi connectivity index (χ3v) is 3.93. The molecule has 0 saturated heterocycles. The summed E-state index contributed by atoms with van der Waals surface area (Å²) in [5.41, 5.74) is 7.46. The van der Waals surface area contributed by atoms with Gasteiger partial charge in [-0.05, 0) is 42.0 Å². The van der Waals surface area contributed by atoms with Crippen LogP contribution in [0.5, 0.6) is 11.5 Å². The number of halogens is 1. The van der Waals surface area contributed by atoms with E-state index >= 15 is 0 Å². The topological polar surface area (TPSA) is 80.7 Å². The van der Waals surface area contributed by atoms with Crippen LogP contribution in [-0.2, 0) is 6.54 Å². The van der Waals surface area contributed by atoms with Crippen molar-refractivity contribution < 1.29 is 14.3 Å². The molecule has 128 valence electrons. The standard InChI is InChI=1S/C18H15ClN2O3S/c19-13-8-6-12(7-9-13)15-14(22)16(17(20)23-15)24-18(25)21-10-11-4-2-1-3-5-11/h1-9,22H,10,20H2,(H,21,25). The van der Waals surface area contributed by atoms with Crippen LogP contribution in [0.2, 0.25) is 5.02 Å². The van der Waals surface area contributed by atoms with E-state index in [-0.39, 0.29) is 28.3 Å². The maximum atomic E-state index is 10.3. The normalized spacial score (nSPS) is 10.4. The number of anilines is 1. The smallest absolute Gasteiger partial charge is 0.262 e. The van der Waals surface area contributed by atoms with Crippen molar-refractivity contribution in [3.8, 4) is 22.8 Å². The number of aromatic hydroxyl groups is 1. The number of ether oxygens (including phenoxy) is 1. The minimum atomic E-state index is -0.219. The molecule has 0 saturated carbocycles. The lowest BCUT2D eigenvalue weighted by Gasteiger charge is -2.08. The summed E-state index contributed by atoms with van der Waals surface area (Å²) in [5.74, 6) is -0.111. The number of thiocarbonyl (C=S) groups is 1. The molecule has 7 heteroatoms. The number of benzene rings is 2. The molecule has 0 aliphatic carbocycles. The van der Waals surface area contributed by atoms with Crippen LogP contribution in [0.4, 0.5) is 5.88 Å². The van der Waals surface area contributed by atoms with Gasteiger partial charge in [0.1, 0.15) is 0 Å². The van der Waals surface area contributed by atoms with E-state index in [0.717, 1.165) is 5.56 Å². The number of nitrogens with one attached hydrogen (secondary N) is 1. The monoisotopic (exact) mass is 374 g/mol. The molecule has 25 heavy (non-hydrogen) atoms. The van der Waals surface area contributed by atoms with Gasteiger partial charge >= 0.3 is 0 Å². The molecule has 0 spiro atoms. The summed E-state index contributed by atoms with van der Waals surface area (Å²) < 4.78 is 10.9. The zero-order chi connectivity index (χ0) is 17.8. The van der Waals surface area contributed by atoms with Crippen LogP contribution < -0.4 is 15.8 Å². The molecule has 3 rings (SSSR count). The van der Waals surface area contributed by atoms with Gasteiger partial charge in [0, 0.05) is 17.1 Å². The second-order valence-corrected chi connectivity index (χ2v) is 6.02. The highest BCUT2D eigenvalue weighted by molar-refractivity contribution is 7.80. The Balaban J connectivity index is 1.72. The average molecular weight is 375 g/mol. The van der Waals surface area contributed by atoms with Gasteiger partial charge in [-0.3, -0.25) is 0 Å². The Morgan fingerprint density at radius 2 is 1.84 bits per heavy atom. The van der Waals surface area contributed by atoms with E-state index in [0.29, 0.717) is 17.1 Å². The lowest BCUT2D eigenvalue weighted by Crippen LogP contribution is -2.26. The molecular formula is C18H15ClN2O3S. The van der Waals surface area contributed by atoms with E-state index in [2.05, 4.69) is 5.32 Å². The van der Waals surface area contributed by atoms with Crippen LogP contribution in [0.3, 0.4) is 0 Å². The van der Waals surface area contributed by atoms with E-state index in [1.807, 2.05) is 30.3 Å². The molecule has 0 fully saturated rings. The highest BCUT2D eigenvalue weighted by Gasteiger charge is 2.22. The Hall–Kier alpha value is -2.70. The van der Waals surface area contributed by atoms with E-state index < -0.39 is 0 Å². The fourth-order valence-corrected chi connectivity index (χ4v) is 2.50. The predicted molar refractivity (Wildman–Crippen MR) is 102 cm³/mol. The van der Waals surface area contributed by atoms with Crippen LogP contribution in [0.25, 0.3) is 11.3 Å². The Morgan fingerprint density at radius 3 is 2.52 bits per heavy atom. The molecule has 5 nitrogen and oxygen atoms in total. The van der Waals surface area contributed by atoms with Crippen molar-refractivity contribution in [3.63, 3.8) is 0 Å². The second-order valence-electron chi connectivity index (χ2n) is 5.21. The van der Waals surface area contributed by atoms with Crippen LogP contribution in [0.15, 0.2) is 59.0 Å². The van der Waals surface area contributed by atoms with Crippen molar-refractivity contribution in [2.75, 3.05) is 5.73 Å². The molecule has 0 amide bonds. The summed E-state index contributed by atoms with van der Waals surface area (Å²) in [4.78, 5) is 0. The summed E-state index contributed by atoms with van der Waals surface area (Å²) in [5, 5.41) is 13.9. The molecule has 1 aromatic heterocycles. The Kier molecular flexibility index (Phi) is 5.11. The fourth-order valence-electron chi connectivity index (χ4n) is 2.22. The first-order valence-corrected chi connectivity index (χ1v) is 8.20. The van der Waals surface area contributed by atoms with Crippen molar-refractivity contribution >= 4 is 34.9 Å². The van der Waals surface area contributed by atoms with E-state index in [1.165, 1.54) is 0 Å². The molecule has 4 N–H and O–H groups in total. The maximum Gasteiger partial charge on any atom is 0.262 e. The van der Waals surface area contributed by atoms with Gasteiger partial charge in [-0.1, -0.05) is 41.9 Å². The minimum Gasteiger partial charge on any atom is -0.502 e. The zero-order valence-corrected chi connectivity index (χ0v) is 14.6. The van der Waals surface area contributed by atoms with Gasteiger partial charge in [-0.25, -0.2) is 0 Å². The van der Waals surface area contributed by atoms with Gasteiger partial charge in [-0.2, -0.15) is 0 Å². The lowest BCUT2D eigenvalue weighted by molar-refractivity contribution is 0.435. The molecule has 0 unspecified atom stereocenters. The molecular weight excluding hydrogens is 360 g/mol.